The summed E-state index contributed by atoms with van der Waals surface area (Å²) >= 11 is 0. The molecule has 0 aliphatic carbocycles. The zero-order valence-electron chi connectivity index (χ0n) is 7.36. The van der Waals surface area contributed by atoms with Crippen LogP contribution in [0.3, 0.4) is 0 Å². The van der Waals surface area contributed by atoms with Crippen molar-refractivity contribution in [3.63, 3.8) is 0 Å². The first kappa shape index (κ1) is 12.4. The first-order valence-electron chi connectivity index (χ1n) is 3.50. The van der Waals surface area contributed by atoms with Crippen LogP contribution in [0.2, 0.25) is 0 Å². The summed E-state index contributed by atoms with van der Waals surface area (Å²) in [6.45, 7) is 0. The van der Waals surface area contributed by atoms with Crippen LogP contribution in [0.4, 0.5) is 0 Å². The molecule has 0 spiro atoms. The maximum atomic E-state index is 11.1. The summed E-state index contributed by atoms with van der Waals surface area (Å²) in [5.41, 5.74) is 0.444. The molecular weight excluding hydrogens is 179 g/mol. The van der Waals surface area contributed by atoms with Gasteiger partial charge >= 0.3 is 5.97 Å². The molecule has 0 atom stereocenters. The molecule has 0 heterocycles. The van der Waals surface area contributed by atoms with Crippen LogP contribution in [-0.2, 0) is 4.79 Å². The largest absolute Gasteiger partial charge is 0.481 e. The summed E-state index contributed by atoms with van der Waals surface area (Å²) in [5, 5.41) is 8.32. The molecule has 0 aliphatic heterocycles. The molecule has 1 aromatic rings. The molecule has 13 heavy (non-hydrogen) atoms. The standard InChI is InChI=1S/C9H8O3.Na/c10-8(6-9(11)12)7-4-2-1-3-5-7;/h1-5H,6H2,(H,11,12);. The van der Waals surface area contributed by atoms with E-state index in [9.17, 15) is 9.59 Å². The van der Waals surface area contributed by atoms with Crippen LogP contribution in [0.5, 0.6) is 0 Å². The Hall–Kier alpha value is -0.640. The van der Waals surface area contributed by atoms with E-state index in [2.05, 4.69) is 0 Å². The molecular formula is C9H8NaO3. The molecule has 3 nitrogen and oxygen atoms in total. The van der Waals surface area contributed by atoms with E-state index in [4.69, 9.17) is 5.11 Å². The van der Waals surface area contributed by atoms with Crippen LogP contribution in [0, 0.1) is 0 Å². The molecule has 0 amide bonds. The molecule has 0 bridgehead atoms. The van der Waals surface area contributed by atoms with Gasteiger partial charge in [-0.15, -0.1) is 0 Å². The Morgan fingerprint density at radius 2 is 1.69 bits per heavy atom. The van der Waals surface area contributed by atoms with Crippen LogP contribution in [0.1, 0.15) is 16.8 Å². The predicted octanol–water partition coefficient (Wildman–Crippen LogP) is 0.963. The maximum Gasteiger partial charge on any atom is 0.311 e. The fraction of sp³-hybridized carbons (Fsp3) is 0.111. The van der Waals surface area contributed by atoms with Gasteiger partial charge in [-0.3, -0.25) is 9.59 Å². The summed E-state index contributed by atoms with van der Waals surface area (Å²) in [6.07, 6.45) is -0.440. The second-order valence-electron chi connectivity index (χ2n) is 2.36. The van der Waals surface area contributed by atoms with Gasteiger partial charge in [0.25, 0.3) is 0 Å². The van der Waals surface area contributed by atoms with Crippen molar-refractivity contribution in [1.82, 2.24) is 0 Å². The van der Waals surface area contributed by atoms with Gasteiger partial charge < -0.3 is 5.11 Å². The van der Waals surface area contributed by atoms with Gasteiger partial charge in [0.1, 0.15) is 6.42 Å². The minimum absolute atomic E-state index is 0. The van der Waals surface area contributed by atoms with Crippen molar-refractivity contribution in [3.8, 4) is 0 Å². The number of ketones is 1. The van der Waals surface area contributed by atoms with Crippen molar-refractivity contribution in [2.45, 2.75) is 6.42 Å². The normalized spacial score (nSPS) is 8.62. The number of hydrogen-bond acceptors (Lipinski definition) is 2. The van der Waals surface area contributed by atoms with Gasteiger partial charge in [0.2, 0.25) is 0 Å². The fourth-order valence-electron chi connectivity index (χ4n) is 0.863. The number of carbonyl (C=O) groups is 2. The number of hydrogen-bond donors (Lipinski definition) is 1. The van der Waals surface area contributed by atoms with E-state index in [1.54, 1.807) is 30.3 Å². The third-order valence-electron chi connectivity index (χ3n) is 1.41. The van der Waals surface area contributed by atoms with Gasteiger partial charge in [-0.1, -0.05) is 30.3 Å². The summed E-state index contributed by atoms with van der Waals surface area (Å²) in [4.78, 5) is 21.2. The van der Waals surface area contributed by atoms with Crippen molar-refractivity contribution in [3.05, 3.63) is 35.9 Å². The van der Waals surface area contributed by atoms with E-state index in [1.807, 2.05) is 0 Å². The molecule has 63 valence electrons. The summed E-state index contributed by atoms with van der Waals surface area (Å²) in [7, 11) is 0. The van der Waals surface area contributed by atoms with Gasteiger partial charge in [0.15, 0.2) is 5.78 Å². The number of carboxylic acid groups (broad SMARTS) is 1. The molecule has 0 fully saturated rings. The Balaban J connectivity index is 0.00000144. The minimum atomic E-state index is -1.09. The van der Waals surface area contributed by atoms with E-state index >= 15 is 0 Å². The Kier molecular flexibility index (Phi) is 5.62. The Morgan fingerprint density at radius 1 is 1.15 bits per heavy atom. The zero-order valence-corrected chi connectivity index (χ0v) is 9.36. The SMILES string of the molecule is O=C(O)CC(=O)c1ccccc1.[Na]. The average Bonchev–Trinajstić information content (AvgIpc) is 2.05. The summed E-state index contributed by atoms with van der Waals surface area (Å²) in [6, 6.07) is 8.39. The van der Waals surface area contributed by atoms with E-state index < -0.39 is 12.4 Å². The smallest absolute Gasteiger partial charge is 0.311 e. The number of Topliss-reactive ketones (excluding diaryl/α,β-unsaturated/α-hetero) is 1. The molecule has 1 aromatic carbocycles. The average molecular weight is 187 g/mol. The van der Waals surface area contributed by atoms with Crippen molar-refractivity contribution < 1.29 is 14.7 Å². The van der Waals surface area contributed by atoms with E-state index in [0.717, 1.165) is 0 Å². The Bertz CT molecular complexity index is 295. The number of carbonyl (C=O) groups excluding carboxylic acids is 1. The number of carboxylic acids is 1. The minimum Gasteiger partial charge on any atom is -0.481 e. The Labute approximate surface area is 98.1 Å². The van der Waals surface area contributed by atoms with Crippen molar-refractivity contribution in [2.24, 2.45) is 0 Å². The second kappa shape index (κ2) is 5.91. The molecule has 1 radical (unpaired) electrons. The fourth-order valence-corrected chi connectivity index (χ4v) is 0.863. The third kappa shape index (κ3) is 4.22. The van der Waals surface area contributed by atoms with Crippen molar-refractivity contribution in [2.75, 3.05) is 0 Å². The topological polar surface area (TPSA) is 54.4 Å². The molecule has 1 rings (SSSR count). The van der Waals surface area contributed by atoms with Crippen LogP contribution < -0.4 is 0 Å². The maximum absolute atomic E-state index is 11.1. The van der Waals surface area contributed by atoms with Gasteiger partial charge in [-0.25, -0.2) is 0 Å². The summed E-state index contributed by atoms with van der Waals surface area (Å²) in [5.74, 6) is -1.45. The van der Waals surface area contributed by atoms with E-state index in [1.165, 1.54) is 0 Å². The van der Waals surface area contributed by atoms with Crippen molar-refractivity contribution in [1.29, 1.82) is 0 Å². The quantitative estimate of drug-likeness (QED) is 0.435. The molecule has 0 aromatic heterocycles. The van der Waals surface area contributed by atoms with Gasteiger partial charge in [-0.05, 0) is 0 Å². The van der Waals surface area contributed by atoms with Crippen LogP contribution in [0.25, 0.3) is 0 Å². The molecule has 0 saturated carbocycles. The number of aliphatic carboxylic acids is 1. The first-order chi connectivity index (χ1) is 5.70. The van der Waals surface area contributed by atoms with Crippen LogP contribution in [-0.4, -0.2) is 46.4 Å². The molecule has 0 saturated heterocycles. The number of benzene rings is 1. The molecule has 4 heteroatoms. The first-order valence-corrected chi connectivity index (χ1v) is 3.50. The molecule has 0 unspecified atom stereocenters. The number of rotatable bonds is 3. The molecule has 0 aliphatic rings. The van der Waals surface area contributed by atoms with Gasteiger partial charge in [0, 0.05) is 35.1 Å². The predicted molar refractivity (Wildman–Crippen MR) is 48.8 cm³/mol. The second-order valence-corrected chi connectivity index (χ2v) is 2.36. The van der Waals surface area contributed by atoms with Crippen LogP contribution >= 0.6 is 0 Å². The zero-order chi connectivity index (χ0) is 8.97. The van der Waals surface area contributed by atoms with Gasteiger partial charge in [-0.2, -0.15) is 0 Å². The Morgan fingerprint density at radius 3 is 2.15 bits per heavy atom. The van der Waals surface area contributed by atoms with Gasteiger partial charge in [0.05, 0.1) is 0 Å². The van der Waals surface area contributed by atoms with Crippen LogP contribution in [0.15, 0.2) is 30.3 Å². The van der Waals surface area contributed by atoms with E-state index in [-0.39, 0.29) is 35.3 Å². The summed E-state index contributed by atoms with van der Waals surface area (Å²) < 4.78 is 0. The van der Waals surface area contributed by atoms with E-state index in [0.29, 0.717) is 5.56 Å². The monoisotopic (exact) mass is 187 g/mol. The molecule has 1 N–H and O–H groups in total. The van der Waals surface area contributed by atoms with Crippen molar-refractivity contribution >= 4 is 41.3 Å². The third-order valence-corrected chi connectivity index (χ3v) is 1.41.